The molecule has 2 heteroatoms. The van der Waals surface area contributed by atoms with Gasteiger partial charge in [0, 0.05) is 0 Å². The molecule has 0 aliphatic rings. The Morgan fingerprint density at radius 2 is 1.71 bits per heavy atom. The van der Waals surface area contributed by atoms with Gasteiger partial charge in [-0.25, -0.2) is 0 Å². The molecule has 0 aromatic heterocycles. The maximum absolute atomic E-state index is 9.16. The van der Waals surface area contributed by atoms with Gasteiger partial charge >= 0.3 is 0 Å². The summed E-state index contributed by atoms with van der Waals surface area (Å²) in [4.78, 5) is 0. The summed E-state index contributed by atoms with van der Waals surface area (Å²) in [6.07, 6.45) is 7.86. The van der Waals surface area contributed by atoms with Crippen molar-refractivity contribution in [2.75, 3.05) is 0 Å². The molecule has 0 aliphatic carbocycles. The van der Waals surface area contributed by atoms with E-state index in [0.29, 0.717) is 0 Å². The van der Waals surface area contributed by atoms with Crippen LogP contribution < -0.4 is 4.74 Å². The van der Waals surface area contributed by atoms with Gasteiger partial charge in [0.2, 0.25) is 0 Å². The summed E-state index contributed by atoms with van der Waals surface area (Å²) in [7, 11) is 0. The summed E-state index contributed by atoms with van der Waals surface area (Å²) >= 11 is 0. The number of phenolic OH excluding ortho intramolecular Hbond substituents is 1. The molecule has 2 nitrogen and oxygen atoms in total. The summed E-state index contributed by atoms with van der Waals surface area (Å²) in [5.41, 5.74) is 0. The third-order valence-electron chi connectivity index (χ3n) is 2.89. The van der Waals surface area contributed by atoms with Crippen molar-refractivity contribution >= 4 is 0 Å². The molecule has 0 saturated carbocycles. The van der Waals surface area contributed by atoms with E-state index in [2.05, 4.69) is 13.8 Å². The molecule has 0 saturated heterocycles. The third kappa shape index (κ3) is 6.20. The van der Waals surface area contributed by atoms with Gasteiger partial charge in [0.05, 0.1) is 6.10 Å². The Labute approximate surface area is 105 Å². The van der Waals surface area contributed by atoms with Crippen LogP contribution >= 0.6 is 0 Å². The second-order valence-corrected chi connectivity index (χ2v) is 4.63. The van der Waals surface area contributed by atoms with Crippen LogP contribution in [0.2, 0.25) is 0 Å². The van der Waals surface area contributed by atoms with Gasteiger partial charge < -0.3 is 9.84 Å². The number of benzene rings is 1. The molecular formula is C15H24O2. The van der Waals surface area contributed by atoms with Crippen LogP contribution in [-0.4, -0.2) is 11.2 Å². The molecule has 96 valence electrons. The zero-order chi connectivity index (χ0) is 12.5. The fraction of sp³-hybridized carbons (Fsp3) is 0.600. The highest BCUT2D eigenvalue weighted by Crippen LogP contribution is 2.18. The molecule has 1 N–H and O–H groups in total. The fourth-order valence-electron chi connectivity index (χ4n) is 1.85. The number of unbranched alkanes of at least 4 members (excludes halogenated alkanes) is 4. The predicted molar refractivity (Wildman–Crippen MR) is 71.6 cm³/mol. The number of phenols is 1. The maximum Gasteiger partial charge on any atom is 0.119 e. The normalized spacial score (nSPS) is 12.4. The lowest BCUT2D eigenvalue weighted by Gasteiger charge is -2.14. The highest BCUT2D eigenvalue weighted by molar-refractivity contribution is 5.30. The summed E-state index contributed by atoms with van der Waals surface area (Å²) in [5.74, 6) is 1.12. The number of aromatic hydroxyl groups is 1. The monoisotopic (exact) mass is 236 g/mol. The van der Waals surface area contributed by atoms with Crippen LogP contribution in [0, 0.1) is 0 Å². The van der Waals surface area contributed by atoms with Gasteiger partial charge in [-0.2, -0.15) is 0 Å². The molecule has 0 fully saturated rings. The van der Waals surface area contributed by atoms with Crippen LogP contribution in [0.25, 0.3) is 0 Å². The lowest BCUT2D eigenvalue weighted by molar-refractivity contribution is 0.206. The van der Waals surface area contributed by atoms with Gasteiger partial charge in [-0.1, -0.05) is 32.6 Å². The first-order chi connectivity index (χ1) is 8.22. The molecule has 0 heterocycles. The van der Waals surface area contributed by atoms with E-state index in [4.69, 9.17) is 9.84 Å². The summed E-state index contributed by atoms with van der Waals surface area (Å²) < 4.78 is 5.76. The Hall–Kier alpha value is -1.18. The summed E-state index contributed by atoms with van der Waals surface area (Å²) in [6, 6.07) is 6.93. The lowest BCUT2D eigenvalue weighted by atomic mass is 10.1. The number of hydrogen-bond donors (Lipinski definition) is 1. The van der Waals surface area contributed by atoms with Gasteiger partial charge in [0.25, 0.3) is 0 Å². The smallest absolute Gasteiger partial charge is 0.119 e. The Morgan fingerprint density at radius 3 is 2.35 bits per heavy atom. The van der Waals surface area contributed by atoms with Crippen LogP contribution in [-0.2, 0) is 0 Å². The van der Waals surface area contributed by atoms with Crippen molar-refractivity contribution < 1.29 is 9.84 Å². The topological polar surface area (TPSA) is 29.5 Å². The Bertz CT molecular complexity index is 292. The summed E-state index contributed by atoms with van der Waals surface area (Å²) in [5, 5.41) is 9.16. The van der Waals surface area contributed by atoms with Gasteiger partial charge in [0.1, 0.15) is 11.5 Å². The lowest BCUT2D eigenvalue weighted by Crippen LogP contribution is -2.11. The molecule has 1 atom stereocenters. The van der Waals surface area contributed by atoms with Crippen LogP contribution in [0.15, 0.2) is 24.3 Å². The zero-order valence-electron chi connectivity index (χ0n) is 11.0. The minimum absolute atomic E-state index is 0.251. The zero-order valence-corrected chi connectivity index (χ0v) is 11.0. The predicted octanol–water partition coefficient (Wildman–Crippen LogP) is 4.52. The van der Waals surface area contributed by atoms with Gasteiger partial charge in [0.15, 0.2) is 0 Å². The minimum Gasteiger partial charge on any atom is -0.508 e. The Kier molecular flexibility index (Phi) is 6.53. The van der Waals surface area contributed by atoms with E-state index in [9.17, 15) is 0 Å². The van der Waals surface area contributed by atoms with Crippen molar-refractivity contribution in [3.63, 3.8) is 0 Å². The molecule has 0 aliphatic heterocycles. The third-order valence-corrected chi connectivity index (χ3v) is 2.89. The highest BCUT2D eigenvalue weighted by atomic mass is 16.5. The Balaban J connectivity index is 2.16. The Morgan fingerprint density at radius 1 is 1.06 bits per heavy atom. The number of rotatable bonds is 8. The fourth-order valence-corrected chi connectivity index (χ4v) is 1.85. The van der Waals surface area contributed by atoms with Crippen LogP contribution in [0.1, 0.15) is 52.4 Å². The van der Waals surface area contributed by atoms with E-state index >= 15 is 0 Å². The van der Waals surface area contributed by atoms with Crippen molar-refractivity contribution in [2.24, 2.45) is 0 Å². The van der Waals surface area contributed by atoms with Gasteiger partial charge in [-0.15, -0.1) is 0 Å². The van der Waals surface area contributed by atoms with E-state index in [1.165, 1.54) is 32.1 Å². The number of hydrogen-bond acceptors (Lipinski definition) is 2. The maximum atomic E-state index is 9.16. The molecule has 0 amide bonds. The van der Waals surface area contributed by atoms with Crippen molar-refractivity contribution in [1.29, 1.82) is 0 Å². The quantitative estimate of drug-likeness (QED) is 0.672. The first-order valence-corrected chi connectivity index (χ1v) is 6.68. The van der Waals surface area contributed by atoms with E-state index in [-0.39, 0.29) is 11.9 Å². The van der Waals surface area contributed by atoms with E-state index in [1.807, 2.05) is 12.1 Å². The molecule has 17 heavy (non-hydrogen) atoms. The van der Waals surface area contributed by atoms with E-state index in [1.54, 1.807) is 12.1 Å². The minimum atomic E-state index is 0.251. The second kappa shape index (κ2) is 7.99. The van der Waals surface area contributed by atoms with Crippen LogP contribution in [0.4, 0.5) is 0 Å². The molecule has 1 aromatic rings. The van der Waals surface area contributed by atoms with Crippen molar-refractivity contribution in [3.05, 3.63) is 24.3 Å². The summed E-state index contributed by atoms with van der Waals surface area (Å²) in [6.45, 7) is 4.34. The molecule has 1 rings (SSSR count). The first kappa shape index (κ1) is 13.9. The average molecular weight is 236 g/mol. The van der Waals surface area contributed by atoms with Gasteiger partial charge in [-0.05, 0) is 44.0 Å². The van der Waals surface area contributed by atoms with Crippen molar-refractivity contribution in [1.82, 2.24) is 0 Å². The molecular weight excluding hydrogens is 212 g/mol. The highest BCUT2D eigenvalue weighted by Gasteiger charge is 2.03. The average Bonchev–Trinajstić information content (AvgIpc) is 2.32. The molecule has 0 spiro atoms. The number of ether oxygens (including phenoxy) is 1. The van der Waals surface area contributed by atoms with Crippen LogP contribution in [0.5, 0.6) is 11.5 Å². The largest absolute Gasteiger partial charge is 0.508 e. The van der Waals surface area contributed by atoms with E-state index < -0.39 is 0 Å². The first-order valence-electron chi connectivity index (χ1n) is 6.68. The molecule has 0 bridgehead atoms. The van der Waals surface area contributed by atoms with Crippen LogP contribution in [0.3, 0.4) is 0 Å². The van der Waals surface area contributed by atoms with Gasteiger partial charge in [-0.3, -0.25) is 0 Å². The molecule has 1 aromatic carbocycles. The standard InChI is InChI=1S/C15H24O2/c1-3-4-5-6-7-8-13(2)17-15-11-9-14(16)10-12-15/h9-13,16H,3-8H2,1-2H3. The SMILES string of the molecule is CCCCCCCC(C)Oc1ccc(O)cc1. The second-order valence-electron chi connectivity index (χ2n) is 4.63. The van der Waals surface area contributed by atoms with E-state index in [0.717, 1.165) is 12.2 Å². The molecule has 0 radical (unpaired) electrons. The molecule has 1 unspecified atom stereocenters. The van der Waals surface area contributed by atoms with Crippen molar-refractivity contribution in [2.45, 2.75) is 58.5 Å². The van der Waals surface area contributed by atoms with Crippen molar-refractivity contribution in [3.8, 4) is 11.5 Å².